The van der Waals surface area contributed by atoms with Crippen LogP contribution in [0.25, 0.3) is 0 Å². The SMILES string of the molecule is CC(C)(NCC(=O)N1CCCCC1)c1nccs1. The molecule has 0 saturated carbocycles. The predicted molar refractivity (Wildman–Crippen MR) is 73.6 cm³/mol. The van der Waals surface area contributed by atoms with Crippen molar-refractivity contribution in [2.24, 2.45) is 0 Å². The number of piperidine rings is 1. The van der Waals surface area contributed by atoms with Gasteiger partial charge >= 0.3 is 0 Å². The third kappa shape index (κ3) is 3.29. The van der Waals surface area contributed by atoms with E-state index < -0.39 is 0 Å². The van der Waals surface area contributed by atoms with Gasteiger partial charge in [-0.1, -0.05) is 0 Å². The molecule has 0 unspecified atom stereocenters. The predicted octanol–water partition coefficient (Wildman–Crippen LogP) is 1.98. The lowest BCUT2D eigenvalue weighted by molar-refractivity contribution is -0.131. The Hall–Kier alpha value is -0.940. The highest BCUT2D eigenvalue weighted by molar-refractivity contribution is 7.09. The first-order valence-electron chi connectivity index (χ1n) is 6.52. The molecule has 1 fully saturated rings. The van der Waals surface area contributed by atoms with Crippen LogP contribution in [0.5, 0.6) is 0 Å². The van der Waals surface area contributed by atoms with Gasteiger partial charge in [-0.2, -0.15) is 0 Å². The largest absolute Gasteiger partial charge is 0.342 e. The number of amides is 1. The van der Waals surface area contributed by atoms with E-state index in [9.17, 15) is 4.79 Å². The van der Waals surface area contributed by atoms with Crippen LogP contribution < -0.4 is 5.32 Å². The molecule has 0 bridgehead atoms. The van der Waals surface area contributed by atoms with E-state index >= 15 is 0 Å². The smallest absolute Gasteiger partial charge is 0.236 e. The fraction of sp³-hybridized carbons (Fsp3) is 0.692. The van der Waals surface area contributed by atoms with Gasteiger partial charge in [-0.25, -0.2) is 4.98 Å². The van der Waals surface area contributed by atoms with E-state index in [2.05, 4.69) is 24.1 Å². The van der Waals surface area contributed by atoms with Gasteiger partial charge in [0.25, 0.3) is 0 Å². The summed E-state index contributed by atoms with van der Waals surface area (Å²) in [6.07, 6.45) is 5.33. The number of rotatable bonds is 4. The summed E-state index contributed by atoms with van der Waals surface area (Å²) >= 11 is 1.62. The monoisotopic (exact) mass is 267 g/mol. The van der Waals surface area contributed by atoms with E-state index in [0.717, 1.165) is 30.9 Å². The molecule has 1 saturated heterocycles. The van der Waals surface area contributed by atoms with Crippen molar-refractivity contribution in [3.63, 3.8) is 0 Å². The average Bonchev–Trinajstić information content (AvgIpc) is 2.92. The van der Waals surface area contributed by atoms with Crippen molar-refractivity contribution in [2.45, 2.75) is 38.6 Å². The molecule has 2 rings (SSSR count). The first-order valence-corrected chi connectivity index (χ1v) is 7.40. The quantitative estimate of drug-likeness (QED) is 0.907. The Labute approximate surface area is 112 Å². The van der Waals surface area contributed by atoms with Gasteiger partial charge in [0.15, 0.2) is 0 Å². The second-order valence-electron chi connectivity index (χ2n) is 5.26. The third-order valence-electron chi connectivity index (χ3n) is 3.36. The van der Waals surface area contributed by atoms with Crippen LogP contribution in [0.1, 0.15) is 38.1 Å². The maximum absolute atomic E-state index is 12.1. The van der Waals surface area contributed by atoms with Crippen LogP contribution >= 0.6 is 11.3 Å². The molecule has 0 spiro atoms. The first-order chi connectivity index (χ1) is 8.59. The molecule has 0 aliphatic carbocycles. The molecule has 1 aliphatic rings. The minimum atomic E-state index is -0.236. The molecule has 1 aromatic heterocycles. The lowest BCUT2D eigenvalue weighted by atomic mass is 10.1. The molecular weight excluding hydrogens is 246 g/mol. The molecular formula is C13H21N3OS. The summed E-state index contributed by atoms with van der Waals surface area (Å²) in [7, 11) is 0. The zero-order chi connectivity index (χ0) is 13.0. The van der Waals surface area contributed by atoms with Crippen molar-refractivity contribution < 1.29 is 4.79 Å². The number of nitrogens with zero attached hydrogens (tertiary/aromatic N) is 2. The highest BCUT2D eigenvalue weighted by Crippen LogP contribution is 2.21. The van der Waals surface area contributed by atoms with E-state index in [1.165, 1.54) is 6.42 Å². The number of carbonyl (C=O) groups is 1. The fourth-order valence-electron chi connectivity index (χ4n) is 2.16. The van der Waals surface area contributed by atoms with Gasteiger partial charge in [-0.05, 0) is 33.1 Å². The Kier molecular flexibility index (Phi) is 4.35. The van der Waals surface area contributed by atoms with E-state index in [1.807, 2.05) is 10.3 Å². The van der Waals surface area contributed by atoms with Gasteiger partial charge in [0.1, 0.15) is 5.01 Å². The molecule has 2 heterocycles. The minimum absolute atomic E-state index is 0.208. The Bertz CT molecular complexity index is 383. The summed E-state index contributed by atoms with van der Waals surface area (Å²) in [5.74, 6) is 0.208. The van der Waals surface area contributed by atoms with Crippen LogP contribution in [0.15, 0.2) is 11.6 Å². The number of carbonyl (C=O) groups excluding carboxylic acids is 1. The van der Waals surface area contributed by atoms with Crippen molar-refractivity contribution >= 4 is 17.2 Å². The standard InChI is InChI=1S/C13H21N3OS/c1-13(2,12-14-6-9-18-12)15-10-11(17)16-7-4-3-5-8-16/h6,9,15H,3-5,7-8,10H2,1-2H3. The Balaban J connectivity index is 1.85. The number of hydrogen-bond donors (Lipinski definition) is 1. The van der Waals surface area contributed by atoms with Gasteiger partial charge in [-0.3, -0.25) is 10.1 Å². The number of hydrogen-bond acceptors (Lipinski definition) is 4. The van der Waals surface area contributed by atoms with Gasteiger partial charge in [0.05, 0.1) is 12.1 Å². The molecule has 0 radical (unpaired) electrons. The molecule has 4 nitrogen and oxygen atoms in total. The van der Waals surface area contributed by atoms with Crippen LogP contribution in [-0.4, -0.2) is 35.4 Å². The highest BCUT2D eigenvalue weighted by Gasteiger charge is 2.25. The second-order valence-corrected chi connectivity index (χ2v) is 6.15. The maximum Gasteiger partial charge on any atom is 0.236 e. The van der Waals surface area contributed by atoms with Crippen LogP contribution in [0.4, 0.5) is 0 Å². The molecule has 100 valence electrons. The highest BCUT2D eigenvalue weighted by atomic mass is 32.1. The number of thiazole rings is 1. The molecule has 1 N–H and O–H groups in total. The van der Waals surface area contributed by atoms with Crippen molar-refractivity contribution in [1.29, 1.82) is 0 Å². The third-order valence-corrected chi connectivity index (χ3v) is 4.45. The molecule has 1 aliphatic heterocycles. The zero-order valence-electron chi connectivity index (χ0n) is 11.1. The van der Waals surface area contributed by atoms with E-state index in [0.29, 0.717) is 6.54 Å². The molecule has 5 heteroatoms. The second kappa shape index (κ2) is 5.80. The summed E-state index contributed by atoms with van der Waals surface area (Å²) in [5.41, 5.74) is -0.236. The molecule has 0 atom stereocenters. The summed E-state index contributed by atoms with van der Waals surface area (Å²) in [6.45, 7) is 6.35. The average molecular weight is 267 g/mol. The lowest BCUT2D eigenvalue weighted by Crippen LogP contribution is -2.46. The fourth-order valence-corrected chi connectivity index (χ4v) is 2.90. The first kappa shape index (κ1) is 13.5. The van der Waals surface area contributed by atoms with Gasteiger partial charge in [-0.15, -0.1) is 11.3 Å². The van der Waals surface area contributed by atoms with Crippen molar-refractivity contribution in [3.05, 3.63) is 16.6 Å². The van der Waals surface area contributed by atoms with Crippen molar-refractivity contribution in [1.82, 2.24) is 15.2 Å². The van der Waals surface area contributed by atoms with Crippen molar-refractivity contribution in [3.8, 4) is 0 Å². The number of likely N-dealkylation sites (tertiary alicyclic amines) is 1. The summed E-state index contributed by atoms with van der Waals surface area (Å²) in [5, 5.41) is 6.30. The Morgan fingerprint density at radius 3 is 2.78 bits per heavy atom. The van der Waals surface area contributed by atoms with Gasteiger partial charge in [0, 0.05) is 24.7 Å². The van der Waals surface area contributed by atoms with E-state index in [1.54, 1.807) is 17.5 Å². The van der Waals surface area contributed by atoms with Gasteiger partial charge < -0.3 is 4.90 Å². The van der Waals surface area contributed by atoms with Gasteiger partial charge in [0.2, 0.25) is 5.91 Å². The van der Waals surface area contributed by atoms with E-state index in [4.69, 9.17) is 0 Å². The summed E-state index contributed by atoms with van der Waals surface area (Å²) < 4.78 is 0. The summed E-state index contributed by atoms with van der Waals surface area (Å²) in [4.78, 5) is 18.3. The van der Waals surface area contributed by atoms with Crippen LogP contribution in [0.2, 0.25) is 0 Å². The Morgan fingerprint density at radius 2 is 2.17 bits per heavy atom. The van der Waals surface area contributed by atoms with Crippen LogP contribution in [-0.2, 0) is 10.3 Å². The Morgan fingerprint density at radius 1 is 1.44 bits per heavy atom. The normalized spacial score (nSPS) is 16.9. The minimum Gasteiger partial charge on any atom is -0.342 e. The van der Waals surface area contributed by atoms with Crippen LogP contribution in [0, 0.1) is 0 Å². The maximum atomic E-state index is 12.1. The molecule has 1 amide bonds. The number of nitrogens with one attached hydrogen (secondary N) is 1. The lowest BCUT2D eigenvalue weighted by Gasteiger charge is -2.29. The van der Waals surface area contributed by atoms with E-state index in [-0.39, 0.29) is 11.4 Å². The molecule has 0 aromatic carbocycles. The zero-order valence-corrected chi connectivity index (χ0v) is 11.9. The molecule has 1 aromatic rings. The molecule has 18 heavy (non-hydrogen) atoms. The van der Waals surface area contributed by atoms with Crippen LogP contribution in [0.3, 0.4) is 0 Å². The topological polar surface area (TPSA) is 45.2 Å². The number of aromatic nitrogens is 1. The summed E-state index contributed by atoms with van der Waals surface area (Å²) in [6, 6.07) is 0. The van der Waals surface area contributed by atoms with Crippen molar-refractivity contribution in [2.75, 3.05) is 19.6 Å².